The van der Waals surface area contributed by atoms with Crippen LogP contribution in [-0.4, -0.2) is 17.0 Å². The zero-order valence-corrected chi connectivity index (χ0v) is 21.0. The van der Waals surface area contributed by atoms with E-state index in [0.29, 0.717) is 12.8 Å². The van der Waals surface area contributed by atoms with E-state index in [4.69, 9.17) is 5.73 Å². The SMILES string of the molecule is NC(=O)C1(C2C=Cc3cccc4cccc2c34)CCC(C2C=Cc3cccc4cccc2c34)CC1C(=O)O. The molecule has 1 fully saturated rings. The first kappa shape index (κ1) is 23.0. The van der Waals surface area contributed by atoms with Crippen LogP contribution in [0.1, 0.15) is 53.4 Å². The Bertz CT molecular complexity index is 1690. The molecule has 5 atom stereocenters. The zero-order chi connectivity index (χ0) is 26.0. The van der Waals surface area contributed by atoms with E-state index in [9.17, 15) is 14.7 Å². The van der Waals surface area contributed by atoms with Crippen LogP contribution in [0.4, 0.5) is 0 Å². The fraction of sp³-hybridized carbons (Fsp3) is 0.235. The maximum Gasteiger partial charge on any atom is 0.307 e. The monoisotopic (exact) mass is 499 g/mol. The van der Waals surface area contributed by atoms with Crippen molar-refractivity contribution in [3.8, 4) is 0 Å². The number of carbonyl (C=O) groups is 2. The molecule has 4 heteroatoms. The Kier molecular flexibility index (Phi) is 5.09. The summed E-state index contributed by atoms with van der Waals surface area (Å²) in [4.78, 5) is 26.4. The molecular weight excluding hydrogens is 470 g/mol. The number of carboxylic acid groups (broad SMARTS) is 1. The summed E-state index contributed by atoms with van der Waals surface area (Å²) in [6.45, 7) is 0. The number of rotatable bonds is 4. The van der Waals surface area contributed by atoms with Crippen molar-refractivity contribution in [1.29, 1.82) is 0 Å². The predicted octanol–water partition coefficient (Wildman–Crippen LogP) is 6.89. The second-order valence-corrected chi connectivity index (χ2v) is 11.1. The normalized spacial score (nSPS) is 27.5. The van der Waals surface area contributed by atoms with Crippen LogP contribution in [0.2, 0.25) is 0 Å². The van der Waals surface area contributed by atoms with Crippen LogP contribution in [0.15, 0.2) is 84.9 Å². The minimum Gasteiger partial charge on any atom is -0.481 e. The number of hydrogen-bond acceptors (Lipinski definition) is 2. The van der Waals surface area contributed by atoms with Crippen molar-refractivity contribution in [1.82, 2.24) is 0 Å². The molecule has 3 aliphatic rings. The molecule has 7 rings (SSSR count). The molecule has 3 N–H and O–H groups in total. The van der Waals surface area contributed by atoms with Crippen molar-refractivity contribution in [3.63, 3.8) is 0 Å². The third-order valence-corrected chi connectivity index (χ3v) is 9.49. The van der Waals surface area contributed by atoms with E-state index < -0.39 is 23.2 Å². The van der Waals surface area contributed by atoms with Gasteiger partial charge in [-0.25, -0.2) is 0 Å². The molecule has 5 unspecified atom stereocenters. The summed E-state index contributed by atoms with van der Waals surface area (Å²) in [7, 11) is 0. The Labute approximate surface area is 221 Å². The summed E-state index contributed by atoms with van der Waals surface area (Å²) in [6.07, 6.45) is 10.1. The zero-order valence-electron chi connectivity index (χ0n) is 21.0. The lowest BCUT2D eigenvalue weighted by Gasteiger charge is -2.48. The Hall–Kier alpha value is -4.18. The van der Waals surface area contributed by atoms with Crippen molar-refractivity contribution in [2.75, 3.05) is 0 Å². The summed E-state index contributed by atoms with van der Waals surface area (Å²) in [5, 5.41) is 15.3. The van der Waals surface area contributed by atoms with Crippen LogP contribution in [0, 0.1) is 17.3 Å². The first-order valence-electron chi connectivity index (χ1n) is 13.4. The number of amides is 1. The molecular formula is C34H29NO3. The average Bonchev–Trinajstić information content (AvgIpc) is 2.94. The molecule has 0 saturated heterocycles. The van der Waals surface area contributed by atoms with Crippen molar-refractivity contribution in [2.24, 2.45) is 23.0 Å². The van der Waals surface area contributed by atoms with Gasteiger partial charge in [0.05, 0.1) is 11.3 Å². The lowest BCUT2D eigenvalue weighted by atomic mass is 9.53. The third kappa shape index (κ3) is 3.16. The molecule has 188 valence electrons. The van der Waals surface area contributed by atoms with Crippen LogP contribution >= 0.6 is 0 Å². The molecule has 0 radical (unpaired) electrons. The van der Waals surface area contributed by atoms with Gasteiger partial charge in [0.25, 0.3) is 0 Å². The maximum atomic E-state index is 13.4. The maximum absolute atomic E-state index is 13.4. The van der Waals surface area contributed by atoms with E-state index in [-0.39, 0.29) is 17.8 Å². The molecule has 3 aliphatic carbocycles. The molecule has 0 heterocycles. The Morgan fingerprint density at radius 1 is 0.789 bits per heavy atom. The lowest BCUT2D eigenvalue weighted by Crippen LogP contribution is -2.53. The number of primary amides is 1. The number of carboxylic acids is 1. The molecule has 1 saturated carbocycles. The van der Waals surface area contributed by atoms with Gasteiger partial charge < -0.3 is 10.8 Å². The second-order valence-electron chi connectivity index (χ2n) is 11.1. The summed E-state index contributed by atoms with van der Waals surface area (Å²) in [5.74, 6) is -2.50. The number of aliphatic carboxylic acids is 1. The van der Waals surface area contributed by atoms with Gasteiger partial charge in [0, 0.05) is 11.8 Å². The summed E-state index contributed by atoms with van der Waals surface area (Å²) >= 11 is 0. The molecule has 0 aromatic heterocycles. The Morgan fingerprint density at radius 2 is 1.37 bits per heavy atom. The minimum absolute atomic E-state index is 0.104. The quantitative estimate of drug-likeness (QED) is 0.321. The van der Waals surface area contributed by atoms with Gasteiger partial charge in [0.2, 0.25) is 5.91 Å². The number of nitrogens with two attached hydrogens (primary N) is 1. The molecule has 4 aromatic carbocycles. The molecule has 1 amide bonds. The molecule has 0 bridgehead atoms. The van der Waals surface area contributed by atoms with Gasteiger partial charge in [-0.1, -0.05) is 97.1 Å². The Morgan fingerprint density at radius 3 is 2.00 bits per heavy atom. The van der Waals surface area contributed by atoms with Crippen LogP contribution in [0.25, 0.3) is 33.7 Å². The van der Waals surface area contributed by atoms with E-state index in [1.165, 1.54) is 21.9 Å². The molecule has 0 spiro atoms. The number of allylic oxidation sites excluding steroid dienone is 2. The second kappa shape index (κ2) is 8.42. The number of carbonyl (C=O) groups excluding carboxylic acids is 1. The van der Waals surface area contributed by atoms with E-state index in [1.807, 2.05) is 30.4 Å². The van der Waals surface area contributed by atoms with Gasteiger partial charge in [0.15, 0.2) is 0 Å². The highest BCUT2D eigenvalue weighted by Gasteiger charge is 2.57. The highest BCUT2D eigenvalue weighted by atomic mass is 16.4. The van der Waals surface area contributed by atoms with Gasteiger partial charge in [0.1, 0.15) is 0 Å². The number of hydrogen-bond donors (Lipinski definition) is 2. The van der Waals surface area contributed by atoms with E-state index in [2.05, 4.69) is 66.7 Å². The molecule has 4 aromatic rings. The van der Waals surface area contributed by atoms with E-state index >= 15 is 0 Å². The van der Waals surface area contributed by atoms with Crippen molar-refractivity contribution < 1.29 is 14.7 Å². The highest BCUT2D eigenvalue weighted by molar-refractivity contribution is 5.98. The van der Waals surface area contributed by atoms with Crippen molar-refractivity contribution in [2.45, 2.75) is 31.1 Å². The molecule has 0 aliphatic heterocycles. The molecule has 38 heavy (non-hydrogen) atoms. The van der Waals surface area contributed by atoms with Crippen molar-refractivity contribution >= 4 is 45.6 Å². The van der Waals surface area contributed by atoms with Crippen LogP contribution in [0.3, 0.4) is 0 Å². The van der Waals surface area contributed by atoms with Crippen molar-refractivity contribution in [3.05, 3.63) is 107 Å². The fourth-order valence-electron chi connectivity index (χ4n) is 7.79. The standard InChI is InChI=1S/C34H29NO3/c35-33(38)34(28-16-14-23-8-2-6-21-10-4-12-27(28)31(21)23)18-17-24(19-29(34)32(36)37)25-15-13-22-7-1-5-20-9-3-11-26(25)30(20)22/h1-16,24-25,28-29H,17-19H2,(H2,35,38)(H,36,37). The summed E-state index contributed by atoms with van der Waals surface area (Å²) < 4.78 is 0. The first-order valence-corrected chi connectivity index (χ1v) is 13.4. The van der Waals surface area contributed by atoms with Gasteiger partial charge in [-0.2, -0.15) is 0 Å². The Balaban J connectivity index is 1.31. The smallest absolute Gasteiger partial charge is 0.307 e. The van der Waals surface area contributed by atoms with Crippen LogP contribution in [0.5, 0.6) is 0 Å². The summed E-state index contributed by atoms with van der Waals surface area (Å²) in [5.41, 5.74) is 9.56. The predicted molar refractivity (Wildman–Crippen MR) is 152 cm³/mol. The van der Waals surface area contributed by atoms with Gasteiger partial charge in [-0.3, -0.25) is 9.59 Å². The van der Waals surface area contributed by atoms with Crippen LogP contribution in [-0.2, 0) is 9.59 Å². The summed E-state index contributed by atoms with van der Waals surface area (Å²) in [6, 6.07) is 25.0. The third-order valence-electron chi connectivity index (χ3n) is 9.49. The number of benzene rings is 4. The average molecular weight is 500 g/mol. The largest absolute Gasteiger partial charge is 0.481 e. The first-order chi connectivity index (χ1) is 18.5. The van der Waals surface area contributed by atoms with Gasteiger partial charge in [-0.05, 0) is 69.0 Å². The minimum atomic E-state index is -1.19. The van der Waals surface area contributed by atoms with Crippen LogP contribution < -0.4 is 5.73 Å². The topological polar surface area (TPSA) is 80.4 Å². The van der Waals surface area contributed by atoms with Gasteiger partial charge in [-0.15, -0.1) is 0 Å². The van der Waals surface area contributed by atoms with E-state index in [1.54, 1.807) is 0 Å². The van der Waals surface area contributed by atoms with Gasteiger partial charge >= 0.3 is 5.97 Å². The fourth-order valence-corrected chi connectivity index (χ4v) is 7.79. The lowest BCUT2D eigenvalue weighted by molar-refractivity contribution is -0.157. The molecule has 4 nitrogen and oxygen atoms in total. The highest BCUT2D eigenvalue weighted by Crippen LogP contribution is 2.57. The van der Waals surface area contributed by atoms with E-state index in [0.717, 1.165) is 28.3 Å².